The van der Waals surface area contributed by atoms with Gasteiger partial charge in [-0.05, 0) is 24.6 Å². The second-order valence-corrected chi connectivity index (χ2v) is 5.69. The minimum atomic E-state index is -4.41. The van der Waals surface area contributed by atoms with Crippen LogP contribution >= 0.6 is 11.6 Å². The fourth-order valence-electron chi connectivity index (χ4n) is 2.55. The number of carbonyl (C=O) groups excluding carboxylic acids is 2. The van der Waals surface area contributed by atoms with Gasteiger partial charge < -0.3 is 16.4 Å². The van der Waals surface area contributed by atoms with Gasteiger partial charge in [-0.1, -0.05) is 11.6 Å². The summed E-state index contributed by atoms with van der Waals surface area (Å²) >= 11 is 5.88. The fraction of sp³-hybridized carbons (Fsp3) is 0.357. The van der Waals surface area contributed by atoms with Crippen LogP contribution in [0.25, 0.3) is 0 Å². The number of rotatable bonds is 4. The average Bonchev–Trinajstić information content (AvgIpc) is 2.67. The molecule has 4 N–H and O–H groups in total. The van der Waals surface area contributed by atoms with Crippen LogP contribution in [-0.4, -0.2) is 36.4 Å². The van der Waals surface area contributed by atoms with E-state index in [1.165, 1.54) is 23.1 Å². The number of anilines is 1. The number of hydrogen-bond donors (Lipinski definition) is 2. The summed E-state index contributed by atoms with van der Waals surface area (Å²) in [7, 11) is 0. The number of benzene rings is 1. The molecular weight excluding hydrogens is 349 g/mol. The van der Waals surface area contributed by atoms with E-state index in [0.29, 0.717) is 5.69 Å². The van der Waals surface area contributed by atoms with E-state index in [0.717, 1.165) is 0 Å². The number of halogens is 4. The Hall–Kier alpha value is -2.29. The number of guanidine groups is 1. The zero-order valence-electron chi connectivity index (χ0n) is 12.3. The van der Waals surface area contributed by atoms with Crippen molar-refractivity contribution in [1.82, 2.24) is 0 Å². The van der Waals surface area contributed by atoms with Crippen LogP contribution in [0, 0.1) is 0 Å². The maximum Gasteiger partial charge on any atom is 0.389 e. The fourth-order valence-corrected chi connectivity index (χ4v) is 2.71. The number of carbonyl (C=O) groups is 2. The molecule has 0 spiro atoms. The summed E-state index contributed by atoms with van der Waals surface area (Å²) in [4.78, 5) is 28.8. The molecule has 1 aromatic rings. The Balaban J connectivity index is 2.32. The first-order chi connectivity index (χ1) is 11.1. The topological polar surface area (TPSA) is 102 Å². The molecule has 1 atom stereocenters. The third kappa shape index (κ3) is 4.16. The van der Waals surface area contributed by atoms with E-state index in [2.05, 4.69) is 4.99 Å². The van der Waals surface area contributed by atoms with Gasteiger partial charge in [0.15, 0.2) is 11.7 Å². The third-order valence-electron chi connectivity index (χ3n) is 3.47. The van der Waals surface area contributed by atoms with Crippen molar-refractivity contribution in [2.45, 2.75) is 25.1 Å². The van der Waals surface area contributed by atoms with Crippen molar-refractivity contribution in [3.8, 4) is 0 Å². The highest BCUT2D eigenvalue weighted by atomic mass is 35.5. The van der Waals surface area contributed by atoms with E-state index in [-0.39, 0.29) is 10.6 Å². The number of fused-ring (bicyclic) bond motifs is 1. The second kappa shape index (κ2) is 6.68. The summed E-state index contributed by atoms with van der Waals surface area (Å²) in [5.41, 5.74) is 10.7. The molecule has 1 heterocycles. The molecule has 1 aliphatic heterocycles. The summed E-state index contributed by atoms with van der Waals surface area (Å²) in [6, 6.07) is 3.18. The Kier molecular flexibility index (Phi) is 5.02. The molecule has 10 heteroatoms. The summed E-state index contributed by atoms with van der Waals surface area (Å²) in [6.07, 6.45) is -6.05. The molecule has 24 heavy (non-hydrogen) atoms. The zero-order valence-corrected chi connectivity index (χ0v) is 13.1. The number of hydrogen-bond acceptors (Lipinski definition) is 3. The van der Waals surface area contributed by atoms with Gasteiger partial charge >= 0.3 is 6.18 Å². The van der Waals surface area contributed by atoms with Gasteiger partial charge in [-0.15, -0.1) is 0 Å². The highest BCUT2D eigenvalue weighted by Gasteiger charge is 2.40. The quantitative estimate of drug-likeness (QED) is 0.628. The molecule has 0 aromatic heterocycles. The lowest BCUT2D eigenvalue weighted by atomic mass is 10.0. The highest BCUT2D eigenvalue weighted by molar-refractivity contribution is 6.31. The van der Waals surface area contributed by atoms with E-state index in [4.69, 9.17) is 23.1 Å². The normalized spacial score (nSPS) is 16.9. The lowest BCUT2D eigenvalue weighted by Crippen LogP contribution is -2.40. The van der Waals surface area contributed by atoms with E-state index in [1.807, 2.05) is 0 Å². The van der Waals surface area contributed by atoms with Gasteiger partial charge in [-0.25, -0.2) is 0 Å². The number of ketones is 1. The van der Waals surface area contributed by atoms with Crippen LogP contribution < -0.4 is 16.4 Å². The number of Topliss-reactive ketones (excluding diaryl/α,β-unsaturated/α-hetero) is 1. The molecule has 0 fully saturated rings. The Morgan fingerprint density at radius 3 is 2.58 bits per heavy atom. The van der Waals surface area contributed by atoms with Crippen LogP contribution in [-0.2, 0) is 4.79 Å². The van der Waals surface area contributed by atoms with Gasteiger partial charge in [0.1, 0.15) is 6.54 Å². The maximum atomic E-state index is 12.5. The van der Waals surface area contributed by atoms with Crippen LogP contribution in [0.3, 0.4) is 0 Å². The van der Waals surface area contributed by atoms with E-state index in [9.17, 15) is 22.8 Å². The molecule has 6 nitrogen and oxygen atoms in total. The minimum absolute atomic E-state index is 0.212. The highest BCUT2D eigenvalue weighted by Crippen LogP contribution is 2.37. The smallest absolute Gasteiger partial charge is 0.370 e. The molecule has 0 aliphatic carbocycles. The predicted octanol–water partition coefficient (Wildman–Crippen LogP) is 1.85. The summed E-state index contributed by atoms with van der Waals surface area (Å²) in [5, 5.41) is 0.289. The van der Waals surface area contributed by atoms with Crippen molar-refractivity contribution in [2.24, 2.45) is 16.5 Å². The van der Waals surface area contributed by atoms with Gasteiger partial charge in [-0.2, -0.15) is 18.2 Å². The molecule has 1 aliphatic rings. The van der Waals surface area contributed by atoms with Crippen LogP contribution in [0.15, 0.2) is 23.2 Å². The number of nitrogens with zero attached hydrogens (tertiary/aromatic N) is 2. The molecule has 0 saturated carbocycles. The minimum Gasteiger partial charge on any atom is -0.370 e. The summed E-state index contributed by atoms with van der Waals surface area (Å²) in [5.74, 6) is -1.74. The van der Waals surface area contributed by atoms with E-state index in [1.54, 1.807) is 0 Å². The van der Waals surface area contributed by atoms with Crippen molar-refractivity contribution in [1.29, 1.82) is 0 Å². The van der Waals surface area contributed by atoms with Crippen molar-refractivity contribution in [3.05, 3.63) is 28.8 Å². The van der Waals surface area contributed by atoms with Crippen molar-refractivity contribution >= 4 is 34.9 Å². The Morgan fingerprint density at radius 1 is 1.33 bits per heavy atom. The number of alkyl halides is 3. The van der Waals surface area contributed by atoms with E-state index >= 15 is 0 Å². The first-order valence-corrected chi connectivity index (χ1v) is 7.26. The SMILES string of the molecule is NC(N)=NC(=O)CN1c2cc(Cl)ccc2C(=O)C1CCC(F)(F)F. The van der Waals surface area contributed by atoms with Crippen molar-refractivity contribution in [2.75, 3.05) is 11.4 Å². The van der Waals surface area contributed by atoms with Gasteiger partial charge in [0.05, 0.1) is 11.7 Å². The molecular formula is C14H14ClF3N4O2. The first-order valence-electron chi connectivity index (χ1n) is 6.88. The molecule has 0 radical (unpaired) electrons. The van der Waals surface area contributed by atoms with Gasteiger partial charge in [-0.3, -0.25) is 9.59 Å². The summed E-state index contributed by atoms with van der Waals surface area (Å²) < 4.78 is 37.6. The third-order valence-corrected chi connectivity index (χ3v) is 3.71. The molecule has 0 saturated heterocycles. The maximum absolute atomic E-state index is 12.5. The van der Waals surface area contributed by atoms with Gasteiger partial charge in [0, 0.05) is 17.0 Å². The standard InChI is InChI=1S/C14H14ClF3N4O2/c15-7-1-2-8-10(5-7)22(6-11(23)21-13(19)20)9(12(8)24)3-4-14(16,17)18/h1-2,5,9H,3-4,6H2,(H4,19,20,21,23). The lowest BCUT2D eigenvalue weighted by Gasteiger charge is -2.25. The molecule has 1 aromatic carbocycles. The zero-order chi connectivity index (χ0) is 18.1. The first kappa shape index (κ1) is 18.1. The number of amides is 1. The van der Waals surface area contributed by atoms with Crippen molar-refractivity contribution in [3.63, 3.8) is 0 Å². The Morgan fingerprint density at radius 2 is 2.00 bits per heavy atom. The number of nitrogens with two attached hydrogens (primary N) is 2. The van der Waals surface area contributed by atoms with Gasteiger partial charge in [0.25, 0.3) is 5.91 Å². The van der Waals surface area contributed by atoms with Crippen LogP contribution in [0.5, 0.6) is 0 Å². The number of aliphatic imine (C=N–C) groups is 1. The monoisotopic (exact) mass is 362 g/mol. The largest absolute Gasteiger partial charge is 0.389 e. The molecule has 1 unspecified atom stereocenters. The predicted molar refractivity (Wildman–Crippen MR) is 83.0 cm³/mol. The van der Waals surface area contributed by atoms with Crippen LogP contribution in [0.1, 0.15) is 23.2 Å². The molecule has 0 bridgehead atoms. The van der Waals surface area contributed by atoms with Crippen molar-refractivity contribution < 1.29 is 22.8 Å². The Labute approximate surface area is 140 Å². The molecule has 1 amide bonds. The van der Waals surface area contributed by atoms with Crippen LogP contribution in [0.2, 0.25) is 5.02 Å². The second-order valence-electron chi connectivity index (χ2n) is 5.25. The molecule has 130 valence electrons. The lowest BCUT2D eigenvalue weighted by molar-refractivity contribution is -0.135. The molecule has 2 rings (SSSR count). The summed E-state index contributed by atoms with van der Waals surface area (Å²) in [6.45, 7) is -0.431. The van der Waals surface area contributed by atoms with Gasteiger partial charge in [0.2, 0.25) is 0 Å². The van der Waals surface area contributed by atoms with Crippen LogP contribution in [0.4, 0.5) is 18.9 Å². The van der Waals surface area contributed by atoms with E-state index < -0.39 is 49.3 Å². The Bertz CT molecular complexity index is 702. The average molecular weight is 363 g/mol.